The van der Waals surface area contributed by atoms with E-state index in [4.69, 9.17) is 13.8 Å². The largest absolute Gasteiger partial charge is 0.493 e. The molecule has 6 heteroatoms. The topological polar surface area (TPSA) is 54.7 Å². The predicted molar refractivity (Wildman–Crippen MR) is 189 cm³/mol. The second-order valence-corrected chi connectivity index (χ2v) is 16.5. The summed E-state index contributed by atoms with van der Waals surface area (Å²) in [4.78, 5) is 0. The van der Waals surface area contributed by atoms with Crippen LogP contribution in [0.5, 0.6) is 11.5 Å². The Morgan fingerprint density at radius 3 is 1.95 bits per heavy atom. The summed E-state index contributed by atoms with van der Waals surface area (Å²) in [6.45, 7) is 27.9. The molecule has 0 bridgehead atoms. The van der Waals surface area contributed by atoms with Crippen LogP contribution < -0.4 is 9.26 Å². The molecule has 1 aromatic carbocycles. The second-order valence-electron chi connectivity index (χ2n) is 15.2. The number of ether oxygens (including phenoxy) is 1. The zero-order valence-electron chi connectivity index (χ0n) is 30.6. The lowest BCUT2D eigenvalue weighted by Gasteiger charge is -2.37. The minimum absolute atomic E-state index is 0.246. The number of hydrogen-bond donors (Lipinski definition) is 0. The highest BCUT2D eigenvalue weighted by Crippen LogP contribution is 2.51. The van der Waals surface area contributed by atoms with Gasteiger partial charge in [-0.25, -0.2) is 4.67 Å². The van der Waals surface area contributed by atoms with Gasteiger partial charge in [0.25, 0.3) is 0 Å². The van der Waals surface area contributed by atoms with E-state index in [1.807, 2.05) is 0 Å². The molecule has 1 aliphatic rings. The fourth-order valence-corrected chi connectivity index (χ4v) is 8.44. The van der Waals surface area contributed by atoms with E-state index in [0.29, 0.717) is 12.5 Å². The monoisotopic (exact) mass is 630 g/mol. The van der Waals surface area contributed by atoms with Gasteiger partial charge in [0.1, 0.15) is 11.5 Å². The lowest BCUT2D eigenvalue weighted by atomic mass is 9.85. The van der Waals surface area contributed by atoms with Crippen LogP contribution in [-0.4, -0.2) is 30.0 Å². The van der Waals surface area contributed by atoms with Gasteiger partial charge in [0, 0.05) is 17.6 Å². The molecule has 1 unspecified atom stereocenters. The molecule has 1 aromatic rings. The maximum absolute atomic E-state index is 10.3. The Hall–Kier alpha value is -1.34. The van der Waals surface area contributed by atoms with Gasteiger partial charge >= 0.3 is 8.53 Å². The number of benzene rings is 1. The molecule has 1 heterocycles. The normalized spacial score (nSPS) is 16.9. The van der Waals surface area contributed by atoms with Gasteiger partial charge in [0.15, 0.2) is 0 Å². The Morgan fingerprint density at radius 1 is 0.841 bits per heavy atom. The molecule has 5 nitrogen and oxygen atoms in total. The summed E-state index contributed by atoms with van der Waals surface area (Å²) in [5.74, 6) is 4.31. The summed E-state index contributed by atoms with van der Waals surface area (Å²) in [5.41, 5.74) is 4.16. The number of nitrogens with zero attached hydrogens (tertiary/aromatic N) is 2. The third-order valence-electron chi connectivity index (χ3n) is 9.61. The molecule has 0 fully saturated rings. The molecule has 4 atom stereocenters. The zero-order chi connectivity index (χ0) is 33.0. The Morgan fingerprint density at radius 2 is 1.41 bits per heavy atom. The van der Waals surface area contributed by atoms with Crippen molar-refractivity contribution in [2.45, 2.75) is 166 Å². The maximum Gasteiger partial charge on any atom is 0.321 e. The van der Waals surface area contributed by atoms with Crippen LogP contribution in [-0.2, 0) is 10.9 Å². The van der Waals surface area contributed by atoms with Gasteiger partial charge in [-0.05, 0) is 109 Å². The van der Waals surface area contributed by atoms with Gasteiger partial charge in [-0.1, -0.05) is 79.1 Å². The average Bonchev–Trinajstić information content (AvgIpc) is 2.96. The van der Waals surface area contributed by atoms with Crippen molar-refractivity contribution in [3.05, 3.63) is 22.3 Å². The van der Waals surface area contributed by atoms with Crippen LogP contribution in [0.1, 0.15) is 149 Å². The summed E-state index contributed by atoms with van der Waals surface area (Å²) in [6, 6.07) is 3.11. The van der Waals surface area contributed by atoms with Crippen molar-refractivity contribution in [1.82, 2.24) is 4.67 Å². The van der Waals surface area contributed by atoms with Crippen LogP contribution in [0.25, 0.3) is 0 Å². The molecule has 1 aliphatic heterocycles. The number of rotatable bonds is 20. The zero-order valence-corrected chi connectivity index (χ0v) is 31.5. The van der Waals surface area contributed by atoms with Crippen LogP contribution in [0.3, 0.4) is 0 Å². The molecule has 0 spiro atoms. The summed E-state index contributed by atoms with van der Waals surface area (Å²) in [6.07, 6.45) is 13.1. The molecule has 0 aromatic heterocycles. The van der Waals surface area contributed by atoms with Crippen LogP contribution in [0.15, 0.2) is 0 Å². The molecular formula is C38H67N2O3P. The van der Waals surface area contributed by atoms with E-state index in [0.717, 1.165) is 72.3 Å². The lowest BCUT2D eigenvalue weighted by molar-refractivity contribution is 0.161. The summed E-state index contributed by atoms with van der Waals surface area (Å²) in [7, 11) is -1.42. The van der Waals surface area contributed by atoms with Gasteiger partial charge < -0.3 is 13.8 Å². The summed E-state index contributed by atoms with van der Waals surface area (Å²) >= 11 is 0. The third kappa shape index (κ3) is 11.8. The summed E-state index contributed by atoms with van der Waals surface area (Å²) in [5, 5.41) is 10.3. The molecule has 0 radical (unpaired) electrons. The molecule has 2 rings (SSSR count). The van der Waals surface area contributed by atoms with E-state index < -0.39 is 13.9 Å². The Balaban J connectivity index is 2.03. The van der Waals surface area contributed by atoms with Crippen LogP contribution in [0.4, 0.5) is 0 Å². The van der Waals surface area contributed by atoms with Crippen molar-refractivity contribution < 1.29 is 13.8 Å². The average molecular weight is 631 g/mol. The van der Waals surface area contributed by atoms with Crippen molar-refractivity contribution in [3.63, 3.8) is 0 Å². The number of nitriles is 1. The first-order valence-electron chi connectivity index (χ1n) is 17.8. The first-order valence-corrected chi connectivity index (χ1v) is 18.9. The minimum atomic E-state index is -1.42. The molecule has 44 heavy (non-hydrogen) atoms. The van der Waals surface area contributed by atoms with Crippen LogP contribution in [0.2, 0.25) is 0 Å². The third-order valence-corrected chi connectivity index (χ3v) is 11.6. The maximum atomic E-state index is 10.3. The summed E-state index contributed by atoms with van der Waals surface area (Å²) < 4.78 is 22.0. The van der Waals surface area contributed by atoms with Gasteiger partial charge in [0.2, 0.25) is 0 Å². The lowest BCUT2D eigenvalue weighted by Crippen LogP contribution is -2.35. The van der Waals surface area contributed by atoms with E-state index in [1.165, 1.54) is 50.5 Å². The van der Waals surface area contributed by atoms with E-state index in [9.17, 15) is 5.26 Å². The predicted octanol–water partition coefficient (Wildman–Crippen LogP) is 11.6. The first kappa shape index (κ1) is 38.8. The van der Waals surface area contributed by atoms with E-state index in [-0.39, 0.29) is 12.1 Å². The Kier molecular flexibility index (Phi) is 16.5. The fraction of sp³-hybridized carbons (Fsp3) is 0.816. The number of fused-ring (bicyclic) bond motifs is 1. The molecule has 0 saturated heterocycles. The van der Waals surface area contributed by atoms with Gasteiger partial charge in [-0.15, -0.1) is 0 Å². The molecular weight excluding hydrogens is 563 g/mol. The van der Waals surface area contributed by atoms with Crippen molar-refractivity contribution in [2.24, 2.45) is 23.2 Å². The fourth-order valence-electron chi connectivity index (χ4n) is 6.58. The standard InChI is InChI=1S/C38H67N2O3P/c1-27(2)17-13-18-30(7)19-14-20-31(8)21-15-23-38(12,25-39)26-42-44(40(28(3)4)29(5)6)43-36-32(9)33(10)37-35(34(36)11)22-16-24-41-37/h27-31H,13-24,26H2,1-12H3/t30-,31-,38-,44?/m1/s1. The van der Waals surface area contributed by atoms with E-state index in [1.54, 1.807) is 0 Å². The van der Waals surface area contributed by atoms with Crippen molar-refractivity contribution in [2.75, 3.05) is 13.2 Å². The number of hydrogen-bond acceptors (Lipinski definition) is 5. The van der Waals surface area contributed by atoms with Crippen LogP contribution >= 0.6 is 8.53 Å². The van der Waals surface area contributed by atoms with Gasteiger partial charge in [-0.3, -0.25) is 0 Å². The Bertz CT molecular complexity index is 1040. The van der Waals surface area contributed by atoms with Gasteiger partial charge in [-0.2, -0.15) is 5.26 Å². The minimum Gasteiger partial charge on any atom is -0.493 e. The highest BCUT2D eigenvalue weighted by Gasteiger charge is 2.34. The molecule has 0 saturated carbocycles. The van der Waals surface area contributed by atoms with Crippen molar-refractivity contribution in [3.8, 4) is 17.6 Å². The van der Waals surface area contributed by atoms with Crippen molar-refractivity contribution >= 4 is 8.53 Å². The smallest absolute Gasteiger partial charge is 0.321 e. The van der Waals surface area contributed by atoms with E-state index in [2.05, 4.69) is 93.8 Å². The second kappa shape index (κ2) is 18.7. The van der Waals surface area contributed by atoms with Crippen molar-refractivity contribution in [1.29, 1.82) is 5.26 Å². The van der Waals surface area contributed by atoms with Gasteiger partial charge in [0.05, 0.1) is 24.7 Å². The first-order chi connectivity index (χ1) is 20.7. The molecule has 252 valence electrons. The van der Waals surface area contributed by atoms with Crippen LogP contribution in [0, 0.1) is 55.3 Å². The molecule has 0 amide bonds. The highest BCUT2D eigenvalue weighted by atomic mass is 31.2. The Labute approximate surface area is 273 Å². The molecule has 0 N–H and O–H groups in total. The van der Waals surface area contributed by atoms with E-state index >= 15 is 0 Å². The SMILES string of the molecule is Cc1c(C)c2c(c(C)c1OP(OC[C@@](C)(C#N)CCC[C@H](C)CCC[C@H](C)CCCC(C)C)N(C(C)C)C(C)C)CCCO2. The highest BCUT2D eigenvalue weighted by molar-refractivity contribution is 7.45. The molecule has 0 aliphatic carbocycles. The quantitative estimate of drug-likeness (QED) is 0.134.